The number of anilines is 3. The third-order valence-corrected chi connectivity index (χ3v) is 5.58. The van der Waals surface area contributed by atoms with Gasteiger partial charge in [-0.1, -0.05) is 0 Å². The standard InChI is InChI=1S/C22H22F5N7O/c1-34-11-12(9-29-34)18-10-28-21(32-17-7-13(23)6-14(24)8-17)33-19(18)30-15-2-4-16(5-3-15)31-20(35)22(25,26)27/h6-11,15-16H,2-5H2,1H3,(H,31,35)(H2,28,30,32,33). The first-order chi connectivity index (χ1) is 16.6. The highest BCUT2D eigenvalue weighted by atomic mass is 19.4. The van der Waals surface area contributed by atoms with E-state index in [1.165, 1.54) is 0 Å². The van der Waals surface area contributed by atoms with Crippen LogP contribution < -0.4 is 16.0 Å². The summed E-state index contributed by atoms with van der Waals surface area (Å²) >= 11 is 0. The predicted octanol–water partition coefficient (Wildman–Crippen LogP) is 4.30. The van der Waals surface area contributed by atoms with Crippen molar-refractivity contribution < 1.29 is 26.7 Å². The normalized spacial score (nSPS) is 18.2. The van der Waals surface area contributed by atoms with E-state index >= 15 is 0 Å². The van der Waals surface area contributed by atoms with Crippen molar-refractivity contribution in [2.24, 2.45) is 7.05 Å². The Morgan fingerprint density at radius 3 is 2.29 bits per heavy atom. The third-order valence-electron chi connectivity index (χ3n) is 5.58. The van der Waals surface area contributed by atoms with Crippen molar-refractivity contribution in [3.63, 3.8) is 0 Å². The number of benzene rings is 1. The van der Waals surface area contributed by atoms with Gasteiger partial charge in [0.2, 0.25) is 5.95 Å². The van der Waals surface area contributed by atoms with Gasteiger partial charge in [0.15, 0.2) is 0 Å². The van der Waals surface area contributed by atoms with Gasteiger partial charge in [0.05, 0.1) is 6.20 Å². The SMILES string of the molecule is Cn1cc(-c2cnc(Nc3cc(F)cc(F)c3)nc2NC2CCC(NC(=O)C(F)(F)F)CC2)cn1. The minimum atomic E-state index is -4.91. The van der Waals surface area contributed by atoms with Gasteiger partial charge < -0.3 is 16.0 Å². The number of rotatable bonds is 6. The molecule has 0 radical (unpaired) electrons. The predicted molar refractivity (Wildman–Crippen MR) is 118 cm³/mol. The van der Waals surface area contributed by atoms with Crippen LogP contribution in [0.4, 0.5) is 39.4 Å². The van der Waals surface area contributed by atoms with E-state index in [0.29, 0.717) is 37.1 Å². The smallest absolute Gasteiger partial charge is 0.367 e. The molecule has 0 aliphatic heterocycles. The van der Waals surface area contributed by atoms with E-state index in [4.69, 9.17) is 0 Å². The number of nitrogens with one attached hydrogen (secondary N) is 3. The first-order valence-electron chi connectivity index (χ1n) is 10.8. The minimum Gasteiger partial charge on any atom is -0.367 e. The molecule has 3 N–H and O–H groups in total. The lowest BCUT2D eigenvalue weighted by atomic mass is 9.91. The molecule has 4 rings (SSSR count). The van der Waals surface area contributed by atoms with Crippen LogP contribution in [0, 0.1) is 11.6 Å². The molecular weight excluding hydrogens is 473 g/mol. The lowest BCUT2D eigenvalue weighted by molar-refractivity contribution is -0.174. The van der Waals surface area contributed by atoms with Gasteiger partial charge in [0.25, 0.3) is 0 Å². The molecule has 0 unspecified atom stereocenters. The van der Waals surface area contributed by atoms with Crippen molar-refractivity contribution in [1.29, 1.82) is 0 Å². The minimum absolute atomic E-state index is 0.0938. The number of hydrogen-bond donors (Lipinski definition) is 3. The zero-order chi connectivity index (χ0) is 25.2. The molecule has 0 saturated heterocycles. The van der Waals surface area contributed by atoms with Gasteiger partial charge in [-0.05, 0) is 37.8 Å². The summed E-state index contributed by atoms with van der Waals surface area (Å²) in [5.41, 5.74) is 1.48. The fourth-order valence-electron chi connectivity index (χ4n) is 3.92. The monoisotopic (exact) mass is 495 g/mol. The Morgan fingerprint density at radius 1 is 1.03 bits per heavy atom. The molecule has 186 valence electrons. The molecule has 2 heterocycles. The number of aryl methyl sites for hydroxylation is 1. The zero-order valence-corrected chi connectivity index (χ0v) is 18.5. The Balaban J connectivity index is 1.51. The Hall–Kier alpha value is -3.77. The van der Waals surface area contributed by atoms with E-state index in [2.05, 4.69) is 25.7 Å². The van der Waals surface area contributed by atoms with Crippen LogP contribution in [0.5, 0.6) is 0 Å². The van der Waals surface area contributed by atoms with E-state index in [9.17, 15) is 26.7 Å². The van der Waals surface area contributed by atoms with Crippen LogP contribution in [-0.2, 0) is 11.8 Å². The molecular formula is C22H22F5N7O. The third kappa shape index (κ3) is 6.22. The maximum atomic E-state index is 13.6. The molecule has 0 spiro atoms. The average molecular weight is 495 g/mol. The van der Waals surface area contributed by atoms with E-state index in [0.717, 1.165) is 23.8 Å². The van der Waals surface area contributed by atoms with E-state index < -0.39 is 29.8 Å². The number of nitrogens with zero attached hydrogens (tertiary/aromatic N) is 4. The summed E-state index contributed by atoms with van der Waals surface area (Å²) in [5, 5.41) is 12.3. The van der Waals surface area contributed by atoms with Gasteiger partial charge >= 0.3 is 12.1 Å². The van der Waals surface area contributed by atoms with Crippen LogP contribution in [0.2, 0.25) is 0 Å². The van der Waals surface area contributed by atoms with Crippen molar-refractivity contribution in [3.8, 4) is 11.1 Å². The zero-order valence-electron chi connectivity index (χ0n) is 18.5. The highest BCUT2D eigenvalue weighted by molar-refractivity contribution is 5.82. The summed E-state index contributed by atoms with van der Waals surface area (Å²) in [5.74, 6) is -2.93. The summed E-state index contributed by atoms with van der Waals surface area (Å²) in [7, 11) is 1.75. The molecule has 1 aliphatic rings. The quantitative estimate of drug-likeness (QED) is 0.442. The Kier molecular flexibility index (Phi) is 6.85. The topological polar surface area (TPSA) is 96.8 Å². The summed E-state index contributed by atoms with van der Waals surface area (Å²) in [4.78, 5) is 19.9. The van der Waals surface area contributed by atoms with Crippen molar-refractivity contribution in [2.45, 2.75) is 43.9 Å². The molecule has 35 heavy (non-hydrogen) atoms. The number of carbonyl (C=O) groups excluding carboxylic acids is 1. The average Bonchev–Trinajstić information content (AvgIpc) is 3.20. The van der Waals surface area contributed by atoms with Gasteiger partial charge in [-0.3, -0.25) is 9.48 Å². The van der Waals surface area contributed by atoms with Crippen molar-refractivity contribution >= 4 is 23.4 Å². The fourth-order valence-corrected chi connectivity index (χ4v) is 3.92. The van der Waals surface area contributed by atoms with Gasteiger partial charge in [0, 0.05) is 54.4 Å². The highest BCUT2D eigenvalue weighted by Gasteiger charge is 2.40. The van der Waals surface area contributed by atoms with Gasteiger partial charge in [0.1, 0.15) is 17.5 Å². The number of carbonyl (C=O) groups is 1. The van der Waals surface area contributed by atoms with Gasteiger partial charge in [-0.25, -0.2) is 13.8 Å². The number of hydrogen-bond acceptors (Lipinski definition) is 6. The summed E-state index contributed by atoms with van der Waals surface area (Å²) in [6.07, 6.45) is 1.74. The van der Waals surface area contributed by atoms with Crippen LogP contribution in [0.3, 0.4) is 0 Å². The second-order valence-corrected chi connectivity index (χ2v) is 8.31. The maximum Gasteiger partial charge on any atom is 0.471 e. The molecule has 0 bridgehead atoms. The molecule has 1 fully saturated rings. The molecule has 13 heteroatoms. The number of alkyl halides is 3. The van der Waals surface area contributed by atoms with Crippen LogP contribution in [-0.4, -0.2) is 43.9 Å². The maximum absolute atomic E-state index is 13.6. The summed E-state index contributed by atoms with van der Waals surface area (Å²) in [6, 6.07) is 2.26. The molecule has 8 nitrogen and oxygen atoms in total. The lowest BCUT2D eigenvalue weighted by Gasteiger charge is -2.30. The lowest BCUT2D eigenvalue weighted by Crippen LogP contribution is -2.45. The van der Waals surface area contributed by atoms with Crippen molar-refractivity contribution in [1.82, 2.24) is 25.1 Å². The van der Waals surface area contributed by atoms with Crippen LogP contribution >= 0.6 is 0 Å². The van der Waals surface area contributed by atoms with Crippen LogP contribution in [0.25, 0.3) is 11.1 Å². The van der Waals surface area contributed by atoms with Crippen molar-refractivity contribution in [2.75, 3.05) is 10.6 Å². The number of aromatic nitrogens is 4. The molecule has 1 aromatic carbocycles. The van der Waals surface area contributed by atoms with Gasteiger partial charge in [-0.2, -0.15) is 23.3 Å². The number of amides is 1. The first kappa shape index (κ1) is 24.4. The molecule has 2 aromatic heterocycles. The molecule has 1 amide bonds. The van der Waals surface area contributed by atoms with Crippen LogP contribution in [0.15, 0.2) is 36.8 Å². The van der Waals surface area contributed by atoms with E-state index in [-0.39, 0.29) is 17.7 Å². The van der Waals surface area contributed by atoms with E-state index in [1.807, 2.05) is 5.32 Å². The highest BCUT2D eigenvalue weighted by Crippen LogP contribution is 2.30. The summed E-state index contributed by atoms with van der Waals surface area (Å²) in [6.45, 7) is 0. The first-order valence-corrected chi connectivity index (χ1v) is 10.8. The van der Waals surface area contributed by atoms with Crippen molar-refractivity contribution in [3.05, 3.63) is 48.4 Å². The Bertz CT molecular complexity index is 1180. The van der Waals surface area contributed by atoms with Crippen LogP contribution in [0.1, 0.15) is 25.7 Å². The Labute approximate surface area is 197 Å². The largest absolute Gasteiger partial charge is 0.471 e. The molecule has 0 atom stereocenters. The molecule has 1 aliphatic carbocycles. The number of halogens is 5. The second-order valence-electron chi connectivity index (χ2n) is 8.31. The summed E-state index contributed by atoms with van der Waals surface area (Å²) < 4.78 is 66.3. The van der Waals surface area contributed by atoms with E-state index in [1.54, 1.807) is 30.3 Å². The Morgan fingerprint density at radius 2 is 1.69 bits per heavy atom. The molecule has 1 saturated carbocycles. The second kappa shape index (κ2) is 9.84. The fraction of sp³-hybridized carbons (Fsp3) is 0.364. The molecule has 3 aromatic rings. The van der Waals surface area contributed by atoms with Gasteiger partial charge in [-0.15, -0.1) is 0 Å².